The lowest BCUT2D eigenvalue weighted by Gasteiger charge is -2.28. The SMILES string of the molecule is CC1=CC[C@@](C)(O)[C@@H]1c1ccc(C(F)(F)F)cc1. The van der Waals surface area contributed by atoms with Crippen LogP contribution in [0.4, 0.5) is 13.2 Å². The molecule has 1 aromatic carbocycles. The van der Waals surface area contributed by atoms with Gasteiger partial charge in [-0.15, -0.1) is 0 Å². The van der Waals surface area contributed by atoms with Gasteiger partial charge < -0.3 is 5.11 Å². The van der Waals surface area contributed by atoms with Gasteiger partial charge in [0.25, 0.3) is 0 Å². The number of rotatable bonds is 1. The molecule has 0 saturated carbocycles. The minimum Gasteiger partial charge on any atom is -0.389 e. The van der Waals surface area contributed by atoms with Crippen molar-refractivity contribution in [1.82, 2.24) is 0 Å². The van der Waals surface area contributed by atoms with E-state index in [1.54, 1.807) is 6.92 Å². The number of hydrogen-bond acceptors (Lipinski definition) is 1. The van der Waals surface area contributed by atoms with Crippen LogP contribution in [0.1, 0.15) is 37.3 Å². The molecule has 0 radical (unpaired) electrons. The average Bonchev–Trinajstić information content (AvgIpc) is 2.52. The predicted molar refractivity (Wildman–Crippen MR) is 63.2 cm³/mol. The third-order valence-corrected chi connectivity index (χ3v) is 3.49. The van der Waals surface area contributed by atoms with E-state index in [2.05, 4.69) is 0 Å². The van der Waals surface area contributed by atoms with Crippen LogP contribution in [0.3, 0.4) is 0 Å². The van der Waals surface area contributed by atoms with Gasteiger partial charge in [-0.3, -0.25) is 0 Å². The summed E-state index contributed by atoms with van der Waals surface area (Å²) in [6, 6.07) is 5.03. The van der Waals surface area contributed by atoms with Crippen molar-refractivity contribution in [3.05, 3.63) is 47.0 Å². The van der Waals surface area contributed by atoms with Gasteiger partial charge in [0.2, 0.25) is 0 Å². The summed E-state index contributed by atoms with van der Waals surface area (Å²) in [6.45, 7) is 3.60. The van der Waals surface area contributed by atoms with Gasteiger partial charge in [-0.1, -0.05) is 23.8 Å². The Morgan fingerprint density at radius 1 is 1.22 bits per heavy atom. The van der Waals surface area contributed by atoms with Crippen molar-refractivity contribution in [2.24, 2.45) is 0 Å². The lowest BCUT2D eigenvalue weighted by molar-refractivity contribution is -0.137. The highest BCUT2D eigenvalue weighted by Crippen LogP contribution is 2.43. The van der Waals surface area contributed by atoms with Crippen LogP contribution in [-0.2, 0) is 6.18 Å². The topological polar surface area (TPSA) is 20.2 Å². The zero-order valence-electron chi connectivity index (χ0n) is 10.3. The Bertz CT molecular complexity index is 469. The Morgan fingerprint density at radius 2 is 1.78 bits per heavy atom. The average molecular weight is 256 g/mol. The molecule has 0 heterocycles. The van der Waals surface area contributed by atoms with E-state index in [1.165, 1.54) is 12.1 Å². The highest BCUT2D eigenvalue weighted by Gasteiger charge is 2.38. The van der Waals surface area contributed by atoms with Crippen molar-refractivity contribution in [3.8, 4) is 0 Å². The Labute approximate surface area is 104 Å². The lowest BCUT2D eigenvalue weighted by Crippen LogP contribution is -2.28. The fourth-order valence-electron chi connectivity index (χ4n) is 2.58. The van der Waals surface area contributed by atoms with E-state index in [-0.39, 0.29) is 5.92 Å². The molecular formula is C14H15F3O. The molecule has 2 rings (SSSR count). The van der Waals surface area contributed by atoms with Gasteiger partial charge in [0.15, 0.2) is 0 Å². The van der Waals surface area contributed by atoms with Gasteiger partial charge >= 0.3 is 6.18 Å². The first-order valence-corrected chi connectivity index (χ1v) is 5.78. The predicted octanol–water partition coefficient (Wildman–Crippen LogP) is 3.89. The van der Waals surface area contributed by atoms with Crippen LogP contribution in [0.15, 0.2) is 35.9 Å². The molecule has 18 heavy (non-hydrogen) atoms. The number of aliphatic hydroxyl groups is 1. The number of benzene rings is 1. The van der Waals surface area contributed by atoms with Gasteiger partial charge in [0, 0.05) is 5.92 Å². The second kappa shape index (κ2) is 4.12. The Balaban J connectivity index is 2.33. The Hall–Kier alpha value is -1.29. The quantitative estimate of drug-likeness (QED) is 0.756. The Morgan fingerprint density at radius 3 is 2.17 bits per heavy atom. The van der Waals surface area contributed by atoms with Crippen LogP contribution in [0.25, 0.3) is 0 Å². The molecule has 0 aromatic heterocycles. The summed E-state index contributed by atoms with van der Waals surface area (Å²) in [6.07, 6.45) is -1.85. The van der Waals surface area contributed by atoms with Gasteiger partial charge in [-0.05, 0) is 38.0 Å². The molecule has 4 heteroatoms. The van der Waals surface area contributed by atoms with Crippen LogP contribution >= 0.6 is 0 Å². The number of alkyl halides is 3. The second-order valence-electron chi connectivity index (χ2n) is 5.06. The third-order valence-electron chi connectivity index (χ3n) is 3.49. The summed E-state index contributed by atoms with van der Waals surface area (Å²) in [7, 11) is 0. The summed E-state index contributed by atoms with van der Waals surface area (Å²) >= 11 is 0. The molecule has 1 aliphatic carbocycles. The first-order valence-electron chi connectivity index (χ1n) is 5.78. The number of hydrogen-bond donors (Lipinski definition) is 1. The smallest absolute Gasteiger partial charge is 0.389 e. The van der Waals surface area contributed by atoms with Crippen LogP contribution in [-0.4, -0.2) is 10.7 Å². The molecule has 1 aliphatic rings. The minimum absolute atomic E-state index is 0.222. The molecule has 1 N–H and O–H groups in total. The zero-order chi connectivity index (χ0) is 13.6. The maximum Gasteiger partial charge on any atom is 0.416 e. The molecule has 0 saturated heterocycles. The summed E-state index contributed by atoms with van der Waals surface area (Å²) in [5.41, 5.74) is 0.147. The summed E-state index contributed by atoms with van der Waals surface area (Å²) in [5, 5.41) is 10.2. The van der Waals surface area contributed by atoms with Crippen LogP contribution in [0, 0.1) is 0 Å². The monoisotopic (exact) mass is 256 g/mol. The highest BCUT2D eigenvalue weighted by molar-refractivity contribution is 5.38. The van der Waals surface area contributed by atoms with Crippen molar-refractivity contribution in [3.63, 3.8) is 0 Å². The van der Waals surface area contributed by atoms with Crippen molar-refractivity contribution in [1.29, 1.82) is 0 Å². The molecule has 98 valence electrons. The second-order valence-corrected chi connectivity index (χ2v) is 5.06. The van der Waals surface area contributed by atoms with Crippen LogP contribution in [0.5, 0.6) is 0 Å². The molecule has 0 aliphatic heterocycles. The molecule has 0 spiro atoms. The fraction of sp³-hybridized carbons (Fsp3) is 0.429. The molecule has 0 bridgehead atoms. The summed E-state index contributed by atoms with van der Waals surface area (Å²) in [5.74, 6) is -0.222. The maximum absolute atomic E-state index is 12.5. The molecule has 2 atom stereocenters. The highest BCUT2D eigenvalue weighted by atomic mass is 19.4. The first kappa shape index (κ1) is 13.1. The number of halogens is 3. The molecule has 1 nitrogen and oxygen atoms in total. The Kier molecular flexibility index (Phi) is 3.01. The van der Waals surface area contributed by atoms with Crippen molar-refractivity contribution in [2.75, 3.05) is 0 Å². The van der Waals surface area contributed by atoms with E-state index in [4.69, 9.17) is 0 Å². The molecule has 0 fully saturated rings. The van der Waals surface area contributed by atoms with Gasteiger partial charge in [-0.2, -0.15) is 13.2 Å². The molecular weight excluding hydrogens is 241 g/mol. The van der Waals surface area contributed by atoms with E-state index in [0.717, 1.165) is 23.3 Å². The van der Waals surface area contributed by atoms with Gasteiger partial charge in [0.1, 0.15) is 0 Å². The van der Waals surface area contributed by atoms with Crippen molar-refractivity contribution in [2.45, 2.75) is 38.0 Å². The van der Waals surface area contributed by atoms with Crippen molar-refractivity contribution < 1.29 is 18.3 Å². The van der Waals surface area contributed by atoms with Crippen LogP contribution in [0.2, 0.25) is 0 Å². The van der Waals surface area contributed by atoms with E-state index in [1.807, 2.05) is 13.0 Å². The first-order chi connectivity index (χ1) is 8.22. The summed E-state index contributed by atoms with van der Waals surface area (Å²) < 4.78 is 37.4. The molecule has 0 amide bonds. The normalized spacial score (nSPS) is 28.3. The van der Waals surface area contributed by atoms with E-state index < -0.39 is 17.3 Å². The standard InChI is InChI=1S/C14H15F3O/c1-9-7-8-13(2,18)12(9)10-3-5-11(6-4-10)14(15,16)17/h3-7,12,18H,8H2,1-2H3/t12-,13+/m0/s1. The van der Waals surface area contributed by atoms with E-state index >= 15 is 0 Å². The third kappa shape index (κ3) is 2.29. The molecule has 0 unspecified atom stereocenters. The fourth-order valence-corrected chi connectivity index (χ4v) is 2.58. The minimum atomic E-state index is -4.32. The van der Waals surface area contributed by atoms with Gasteiger partial charge in [0.05, 0.1) is 11.2 Å². The van der Waals surface area contributed by atoms with Crippen LogP contribution < -0.4 is 0 Å². The maximum atomic E-state index is 12.5. The summed E-state index contributed by atoms with van der Waals surface area (Å²) in [4.78, 5) is 0. The van der Waals surface area contributed by atoms with Crippen molar-refractivity contribution >= 4 is 0 Å². The zero-order valence-corrected chi connectivity index (χ0v) is 10.3. The van der Waals surface area contributed by atoms with E-state index in [0.29, 0.717) is 6.42 Å². The van der Waals surface area contributed by atoms with Gasteiger partial charge in [-0.25, -0.2) is 0 Å². The molecule has 1 aromatic rings. The largest absolute Gasteiger partial charge is 0.416 e. The lowest BCUT2D eigenvalue weighted by atomic mass is 9.82. The van der Waals surface area contributed by atoms with E-state index in [9.17, 15) is 18.3 Å².